The summed E-state index contributed by atoms with van der Waals surface area (Å²) in [6.07, 6.45) is 3.52. The molecule has 2 atom stereocenters. The van der Waals surface area contributed by atoms with Crippen LogP contribution in [-0.2, 0) is 0 Å². The van der Waals surface area contributed by atoms with Crippen LogP contribution in [-0.4, -0.2) is 29.1 Å². The molecule has 1 aromatic carbocycles. The van der Waals surface area contributed by atoms with Crippen molar-refractivity contribution < 1.29 is 5.11 Å². The first-order valence-electron chi connectivity index (χ1n) is 6.24. The van der Waals surface area contributed by atoms with Crippen molar-refractivity contribution in [2.45, 2.75) is 38.3 Å². The van der Waals surface area contributed by atoms with E-state index >= 15 is 0 Å². The molecule has 0 saturated carbocycles. The normalized spacial score (nSPS) is 24.2. The number of β-amino-alcohol motifs (C(OH)–C–C–N with tert-alkyl or cyclic N) is 1. The maximum absolute atomic E-state index is 10.1. The number of aliphatic hydroxyl groups is 1. The van der Waals surface area contributed by atoms with Crippen LogP contribution >= 0.6 is 0 Å². The van der Waals surface area contributed by atoms with E-state index in [1.54, 1.807) is 0 Å². The Hall–Kier alpha value is -0.860. The fourth-order valence-corrected chi connectivity index (χ4v) is 2.43. The largest absolute Gasteiger partial charge is 0.387 e. The summed E-state index contributed by atoms with van der Waals surface area (Å²) in [5, 5.41) is 10.1. The first kappa shape index (κ1) is 11.6. The van der Waals surface area contributed by atoms with E-state index in [0.717, 1.165) is 18.7 Å². The molecule has 1 fully saturated rings. The van der Waals surface area contributed by atoms with Crippen molar-refractivity contribution in [3.05, 3.63) is 35.9 Å². The van der Waals surface area contributed by atoms with Crippen LogP contribution in [0.3, 0.4) is 0 Å². The highest BCUT2D eigenvalue weighted by atomic mass is 16.3. The molecule has 1 aromatic rings. The Bertz CT molecular complexity index is 312. The topological polar surface area (TPSA) is 23.5 Å². The molecule has 88 valence electrons. The average Bonchev–Trinajstić information content (AvgIpc) is 2.33. The third kappa shape index (κ3) is 2.83. The van der Waals surface area contributed by atoms with Crippen LogP contribution in [0.15, 0.2) is 30.3 Å². The molecular weight excluding hydrogens is 198 g/mol. The lowest BCUT2D eigenvalue weighted by Gasteiger charge is -2.34. The molecule has 0 bridgehead atoms. The van der Waals surface area contributed by atoms with Gasteiger partial charge in [-0.1, -0.05) is 36.8 Å². The second-order valence-electron chi connectivity index (χ2n) is 4.77. The molecule has 0 unspecified atom stereocenters. The molecule has 1 aliphatic heterocycles. The summed E-state index contributed by atoms with van der Waals surface area (Å²) in [5.41, 5.74) is 1.03. The van der Waals surface area contributed by atoms with Crippen LogP contribution in [0.1, 0.15) is 37.9 Å². The maximum atomic E-state index is 10.1. The number of hydrogen-bond donors (Lipinski definition) is 1. The second kappa shape index (κ2) is 5.46. The minimum atomic E-state index is -0.346. The third-order valence-corrected chi connectivity index (χ3v) is 3.53. The van der Waals surface area contributed by atoms with Gasteiger partial charge in [0.2, 0.25) is 0 Å². The molecule has 1 aliphatic rings. The fraction of sp³-hybridized carbons (Fsp3) is 0.571. The van der Waals surface area contributed by atoms with Gasteiger partial charge in [-0.3, -0.25) is 4.90 Å². The molecule has 0 amide bonds. The number of nitrogens with zero attached hydrogens (tertiary/aromatic N) is 1. The van der Waals surface area contributed by atoms with Crippen molar-refractivity contribution in [3.8, 4) is 0 Å². The van der Waals surface area contributed by atoms with Crippen LogP contribution in [0, 0.1) is 0 Å². The van der Waals surface area contributed by atoms with Crippen molar-refractivity contribution in [2.75, 3.05) is 13.1 Å². The molecule has 0 spiro atoms. The van der Waals surface area contributed by atoms with Crippen molar-refractivity contribution >= 4 is 0 Å². The average molecular weight is 219 g/mol. The first-order chi connectivity index (χ1) is 7.77. The van der Waals surface area contributed by atoms with Crippen molar-refractivity contribution in [1.29, 1.82) is 0 Å². The predicted molar refractivity (Wildman–Crippen MR) is 66.3 cm³/mol. The Balaban J connectivity index is 1.94. The first-order valence-corrected chi connectivity index (χ1v) is 6.24. The van der Waals surface area contributed by atoms with Crippen LogP contribution in [0.5, 0.6) is 0 Å². The van der Waals surface area contributed by atoms with Gasteiger partial charge in [0.15, 0.2) is 0 Å². The lowest BCUT2D eigenvalue weighted by Crippen LogP contribution is -2.40. The Morgan fingerprint density at radius 1 is 1.31 bits per heavy atom. The zero-order chi connectivity index (χ0) is 11.4. The van der Waals surface area contributed by atoms with E-state index in [4.69, 9.17) is 0 Å². The van der Waals surface area contributed by atoms with Gasteiger partial charge >= 0.3 is 0 Å². The third-order valence-electron chi connectivity index (χ3n) is 3.53. The number of aliphatic hydroxyl groups excluding tert-OH is 1. The molecule has 2 heteroatoms. The van der Waals surface area contributed by atoms with Gasteiger partial charge in [-0.25, -0.2) is 0 Å². The highest BCUT2D eigenvalue weighted by Gasteiger charge is 2.21. The van der Waals surface area contributed by atoms with Gasteiger partial charge in [-0.05, 0) is 31.9 Å². The van der Waals surface area contributed by atoms with Gasteiger partial charge in [-0.2, -0.15) is 0 Å². The zero-order valence-electron chi connectivity index (χ0n) is 9.97. The lowest BCUT2D eigenvalue weighted by atomic mass is 10.0. The maximum Gasteiger partial charge on any atom is 0.0917 e. The predicted octanol–water partition coefficient (Wildman–Crippen LogP) is 2.59. The molecule has 1 N–H and O–H groups in total. The van der Waals surface area contributed by atoms with Crippen molar-refractivity contribution in [2.24, 2.45) is 0 Å². The molecule has 1 heterocycles. The fourth-order valence-electron chi connectivity index (χ4n) is 2.43. The van der Waals surface area contributed by atoms with E-state index in [9.17, 15) is 5.11 Å². The highest BCUT2D eigenvalue weighted by Crippen LogP contribution is 2.20. The summed E-state index contributed by atoms with van der Waals surface area (Å²) in [5.74, 6) is 0. The molecule has 0 aromatic heterocycles. The standard InChI is InChI=1S/C14H21NO/c1-12-7-5-6-10-15(12)11-14(16)13-8-3-2-4-9-13/h2-4,8-9,12,14,16H,5-7,10-11H2,1H3/t12-,14+/m1/s1. The molecule has 16 heavy (non-hydrogen) atoms. The summed E-state index contributed by atoms with van der Waals surface area (Å²) in [6, 6.07) is 10.6. The summed E-state index contributed by atoms with van der Waals surface area (Å²) in [6.45, 7) is 4.16. The van der Waals surface area contributed by atoms with Crippen LogP contribution in [0.2, 0.25) is 0 Å². The van der Waals surface area contributed by atoms with Gasteiger partial charge < -0.3 is 5.11 Å². The zero-order valence-corrected chi connectivity index (χ0v) is 9.97. The SMILES string of the molecule is C[C@@H]1CCCCN1C[C@H](O)c1ccccc1. The van der Waals surface area contributed by atoms with Gasteiger partial charge in [0, 0.05) is 12.6 Å². The van der Waals surface area contributed by atoms with Crippen LogP contribution in [0.4, 0.5) is 0 Å². The Morgan fingerprint density at radius 3 is 2.75 bits per heavy atom. The van der Waals surface area contributed by atoms with Crippen LogP contribution < -0.4 is 0 Å². The number of piperidine rings is 1. The number of rotatable bonds is 3. The van der Waals surface area contributed by atoms with Gasteiger partial charge in [0.05, 0.1) is 6.10 Å². The van der Waals surface area contributed by atoms with Crippen molar-refractivity contribution in [3.63, 3.8) is 0 Å². The summed E-state index contributed by atoms with van der Waals surface area (Å²) in [7, 11) is 0. The van der Waals surface area contributed by atoms with Crippen LogP contribution in [0.25, 0.3) is 0 Å². The second-order valence-corrected chi connectivity index (χ2v) is 4.77. The molecule has 0 aliphatic carbocycles. The Morgan fingerprint density at radius 2 is 2.06 bits per heavy atom. The van der Waals surface area contributed by atoms with E-state index in [1.807, 2.05) is 30.3 Å². The van der Waals surface area contributed by atoms with Gasteiger partial charge in [-0.15, -0.1) is 0 Å². The molecule has 0 radical (unpaired) electrons. The molecular formula is C14H21NO. The number of hydrogen-bond acceptors (Lipinski definition) is 2. The van der Waals surface area contributed by atoms with E-state index in [2.05, 4.69) is 11.8 Å². The van der Waals surface area contributed by atoms with Gasteiger partial charge in [0.25, 0.3) is 0 Å². The van der Waals surface area contributed by atoms with Crippen molar-refractivity contribution in [1.82, 2.24) is 4.90 Å². The summed E-state index contributed by atoms with van der Waals surface area (Å²) >= 11 is 0. The minimum Gasteiger partial charge on any atom is -0.387 e. The van der Waals surface area contributed by atoms with E-state index < -0.39 is 0 Å². The summed E-state index contributed by atoms with van der Waals surface area (Å²) in [4.78, 5) is 2.40. The lowest BCUT2D eigenvalue weighted by molar-refractivity contribution is 0.0732. The van der Waals surface area contributed by atoms with E-state index in [0.29, 0.717) is 6.04 Å². The smallest absolute Gasteiger partial charge is 0.0917 e. The quantitative estimate of drug-likeness (QED) is 0.844. The number of likely N-dealkylation sites (tertiary alicyclic amines) is 1. The summed E-state index contributed by atoms with van der Waals surface area (Å²) < 4.78 is 0. The number of benzene rings is 1. The monoisotopic (exact) mass is 219 g/mol. The van der Waals surface area contributed by atoms with E-state index in [-0.39, 0.29) is 6.10 Å². The van der Waals surface area contributed by atoms with Gasteiger partial charge in [0.1, 0.15) is 0 Å². The molecule has 2 nitrogen and oxygen atoms in total. The molecule has 1 saturated heterocycles. The van der Waals surface area contributed by atoms with E-state index in [1.165, 1.54) is 19.3 Å². The Labute approximate surface area is 97.9 Å². The highest BCUT2D eigenvalue weighted by molar-refractivity contribution is 5.17. The molecule has 2 rings (SSSR count). The minimum absolute atomic E-state index is 0.346. The Kier molecular flexibility index (Phi) is 3.97.